The molecule has 3 aromatic carbocycles. The quantitative estimate of drug-likeness (QED) is 0.211. The summed E-state index contributed by atoms with van der Waals surface area (Å²) in [6.45, 7) is 4.52. The summed E-state index contributed by atoms with van der Waals surface area (Å²) in [6.07, 6.45) is 1.51. The van der Waals surface area contributed by atoms with E-state index in [9.17, 15) is 10.1 Å². The lowest BCUT2D eigenvalue weighted by Crippen LogP contribution is -2.14. The van der Waals surface area contributed by atoms with Gasteiger partial charge < -0.3 is 14.8 Å². The number of carbonyl (C=O) groups excluding carboxylic acids is 1. The Balaban J connectivity index is 1.82. The highest BCUT2D eigenvalue weighted by atomic mass is 79.9. The average Bonchev–Trinajstić information content (AvgIpc) is 2.80. The second kappa shape index (κ2) is 12.1. The fourth-order valence-electron chi connectivity index (χ4n) is 3.09. The standard InChI is InChI=1S/C26H21Br2ClN2O3/c1-3-33-24-13-17(8-9-23(24)34-15-18-6-4-5-7-22(18)29)12-19(14-30)26(32)31-25-20(27)10-16(2)11-21(25)28/h4-13H,3,15H2,1-2H3,(H,31,32)/b19-12+. The molecule has 1 amide bonds. The van der Waals surface area contributed by atoms with Crippen molar-refractivity contribution in [1.82, 2.24) is 0 Å². The average molecular weight is 605 g/mol. The molecule has 0 radical (unpaired) electrons. The number of nitriles is 1. The van der Waals surface area contributed by atoms with Crippen LogP contribution in [0.15, 0.2) is 69.1 Å². The van der Waals surface area contributed by atoms with Crippen molar-refractivity contribution < 1.29 is 14.3 Å². The third-order valence-corrected chi connectivity index (χ3v) is 6.33. The summed E-state index contributed by atoms with van der Waals surface area (Å²) in [5.74, 6) is 0.518. The molecule has 0 aliphatic carbocycles. The van der Waals surface area contributed by atoms with Gasteiger partial charge in [0.1, 0.15) is 18.2 Å². The van der Waals surface area contributed by atoms with Crippen molar-refractivity contribution >= 4 is 61.1 Å². The maximum absolute atomic E-state index is 12.8. The van der Waals surface area contributed by atoms with Crippen molar-refractivity contribution in [3.05, 3.63) is 90.8 Å². The minimum absolute atomic E-state index is 0.0495. The number of carbonyl (C=O) groups is 1. The van der Waals surface area contributed by atoms with E-state index >= 15 is 0 Å². The van der Waals surface area contributed by atoms with Crippen LogP contribution in [0.2, 0.25) is 5.02 Å². The van der Waals surface area contributed by atoms with Crippen LogP contribution in [0.3, 0.4) is 0 Å². The third kappa shape index (κ3) is 6.63. The zero-order valence-corrected chi connectivity index (χ0v) is 22.4. The molecule has 0 saturated carbocycles. The lowest BCUT2D eigenvalue weighted by Gasteiger charge is -2.13. The van der Waals surface area contributed by atoms with Crippen molar-refractivity contribution in [2.24, 2.45) is 0 Å². The molecule has 0 aliphatic heterocycles. The number of aryl methyl sites for hydroxylation is 1. The molecule has 0 spiro atoms. The molecule has 5 nitrogen and oxygen atoms in total. The fourth-order valence-corrected chi connectivity index (χ4v) is 4.89. The van der Waals surface area contributed by atoms with Crippen LogP contribution < -0.4 is 14.8 Å². The molecule has 0 heterocycles. The van der Waals surface area contributed by atoms with E-state index in [0.717, 1.165) is 11.1 Å². The topological polar surface area (TPSA) is 71.3 Å². The monoisotopic (exact) mass is 602 g/mol. The van der Waals surface area contributed by atoms with Gasteiger partial charge in [-0.3, -0.25) is 4.79 Å². The first-order chi connectivity index (χ1) is 16.3. The SMILES string of the molecule is CCOc1cc(/C=C(\C#N)C(=O)Nc2c(Br)cc(C)cc2Br)ccc1OCc1ccccc1Cl. The highest BCUT2D eigenvalue weighted by molar-refractivity contribution is 9.11. The molecule has 3 aromatic rings. The Kier molecular flexibility index (Phi) is 9.17. The number of nitrogens with one attached hydrogen (secondary N) is 1. The number of amides is 1. The van der Waals surface area contributed by atoms with E-state index in [1.807, 2.05) is 50.2 Å². The normalized spacial score (nSPS) is 11.0. The third-order valence-electron chi connectivity index (χ3n) is 4.71. The van der Waals surface area contributed by atoms with E-state index in [-0.39, 0.29) is 12.2 Å². The zero-order chi connectivity index (χ0) is 24.7. The molecule has 3 rings (SSSR count). The number of hydrogen-bond acceptors (Lipinski definition) is 4. The van der Waals surface area contributed by atoms with E-state index in [1.165, 1.54) is 6.08 Å². The molecule has 0 aromatic heterocycles. The van der Waals surface area contributed by atoms with Gasteiger partial charge in [-0.2, -0.15) is 5.26 Å². The van der Waals surface area contributed by atoms with Crippen molar-refractivity contribution in [3.8, 4) is 17.6 Å². The van der Waals surface area contributed by atoms with Crippen molar-refractivity contribution in [2.45, 2.75) is 20.5 Å². The van der Waals surface area contributed by atoms with Crippen molar-refractivity contribution in [1.29, 1.82) is 5.26 Å². The first-order valence-electron chi connectivity index (χ1n) is 10.3. The highest BCUT2D eigenvalue weighted by Gasteiger charge is 2.15. The Morgan fingerprint density at radius 1 is 1.09 bits per heavy atom. The van der Waals surface area contributed by atoms with E-state index in [2.05, 4.69) is 37.2 Å². The van der Waals surface area contributed by atoms with Gasteiger partial charge in [-0.05, 0) is 93.2 Å². The van der Waals surface area contributed by atoms with Crippen LogP contribution in [0, 0.1) is 18.3 Å². The first kappa shape index (κ1) is 25.8. The zero-order valence-electron chi connectivity index (χ0n) is 18.5. The Hall–Kier alpha value is -2.79. The summed E-state index contributed by atoms with van der Waals surface area (Å²) in [5.41, 5.74) is 3.00. The van der Waals surface area contributed by atoms with Crippen LogP contribution in [0.5, 0.6) is 11.5 Å². The molecule has 8 heteroatoms. The molecule has 174 valence electrons. The number of benzene rings is 3. The summed E-state index contributed by atoms with van der Waals surface area (Å²) in [5, 5.41) is 13.0. The molecule has 1 N–H and O–H groups in total. The van der Waals surface area contributed by atoms with Crippen molar-refractivity contribution in [2.75, 3.05) is 11.9 Å². The van der Waals surface area contributed by atoms with E-state index in [1.54, 1.807) is 24.3 Å². The smallest absolute Gasteiger partial charge is 0.266 e. The van der Waals surface area contributed by atoms with Crippen LogP contribution in [0.4, 0.5) is 5.69 Å². The predicted octanol–water partition coefficient (Wildman–Crippen LogP) is 7.70. The number of hydrogen-bond donors (Lipinski definition) is 1. The minimum Gasteiger partial charge on any atom is -0.490 e. The summed E-state index contributed by atoms with van der Waals surface area (Å²) in [7, 11) is 0. The molecule has 34 heavy (non-hydrogen) atoms. The first-order valence-corrected chi connectivity index (χ1v) is 12.3. The molecule has 0 bridgehead atoms. The number of ether oxygens (including phenoxy) is 2. The molecular weight excluding hydrogens is 584 g/mol. The van der Waals surface area contributed by atoms with E-state index in [4.69, 9.17) is 21.1 Å². The number of nitrogens with zero attached hydrogens (tertiary/aromatic N) is 1. The van der Waals surface area contributed by atoms with Crippen LogP contribution in [-0.4, -0.2) is 12.5 Å². The van der Waals surface area contributed by atoms with Gasteiger partial charge in [0.05, 0.1) is 12.3 Å². The maximum atomic E-state index is 12.8. The Labute approximate surface area is 220 Å². The molecule has 0 aliphatic rings. The molecule has 0 saturated heterocycles. The maximum Gasteiger partial charge on any atom is 0.266 e. The number of anilines is 1. The molecule has 0 fully saturated rings. The van der Waals surface area contributed by atoms with Crippen LogP contribution in [0.25, 0.3) is 6.08 Å². The van der Waals surface area contributed by atoms with Gasteiger partial charge >= 0.3 is 0 Å². The summed E-state index contributed by atoms with van der Waals surface area (Å²) < 4.78 is 13.1. The van der Waals surface area contributed by atoms with Crippen LogP contribution >= 0.6 is 43.5 Å². The lowest BCUT2D eigenvalue weighted by molar-refractivity contribution is -0.112. The number of halogens is 3. The largest absolute Gasteiger partial charge is 0.490 e. The van der Waals surface area contributed by atoms with Gasteiger partial charge in [-0.25, -0.2) is 0 Å². The Morgan fingerprint density at radius 2 is 1.79 bits per heavy atom. The van der Waals surface area contributed by atoms with Gasteiger partial charge in [0.25, 0.3) is 5.91 Å². The van der Waals surface area contributed by atoms with Gasteiger partial charge in [-0.15, -0.1) is 0 Å². The van der Waals surface area contributed by atoms with Gasteiger partial charge in [0, 0.05) is 19.5 Å². The number of rotatable bonds is 8. The van der Waals surface area contributed by atoms with E-state index < -0.39 is 5.91 Å². The second-order valence-corrected chi connectivity index (χ2v) is 9.36. The minimum atomic E-state index is -0.523. The lowest BCUT2D eigenvalue weighted by atomic mass is 10.1. The predicted molar refractivity (Wildman–Crippen MR) is 142 cm³/mol. The van der Waals surface area contributed by atoms with Crippen LogP contribution in [0.1, 0.15) is 23.6 Å². The molecular formula is C26H21Br2ClN2O3. The Morgan fingerprint density at radius 3 is 2.44 bits per heavy atom. The molecule has 0 unspecified atom stereocenters. The molecule has 0 atom stereocenters. The van der Waals surface area contributed by atoms with Crippen molar-refractivity contribution in [3.63, 3.8) is 0 Å². The van der Waals surface area contributed by atoms with Gasteiger partial charge in [-0.1, -0.05) is 35.9 Å². The van der Waals surface area contributed by atoms with Gasteiger partial charge in [0.15, 0.2) is 11.5 Å². The summed E-state index contributed by atoms with van der Waals surface area (Å²) in [6, 6.07) is 18.4. The second-order valence-electron chi connectivity index (χ2n) is 7.25. The van der Waals surface area contributed by atoms with E-state index in [0.29, 0.717) is 43.3 Å². The summed E-state index contributed by atoms with van der Waals surface area (Å²) >= 11 is 13.1. The van der Waals surface area contributed by atoms with Crippen LogP contribution in [-0.2, 0) is 11.4 Å². The Bertz CT molecular complexity index is 1260. The summed E-state index contributed by atoms with van der Waals surface area (Å²) in [4.78, 5) is 12.8. The fraction of sp³-hybridized carbons (Fsp3) is 0.154. The van der Waals surface area contributed by atoms with Gasteiger partial charge in [0.2, 0.25) is 0 Å². The highest BCUT2D eigenvalue weighted by Crippen LogP contribution is 2.33.